The fourth-order valence-electron chi connectivity index (χ4n) is 2.06. The first-order valence-electron chi connectivity index (χ1n) is 6.61. The molecule has 0 aromatic heterocycles. The van der Waals surface area contributed by atoms with Gasteiger partial charge in [0.2, 0.25) is 5.91 Å². The van der Waals surface area contributed by atoms with Crippen LogP contribution in [0, 0.1) is 5.41 Å². The van der Waals surface area contributed by atoms with Crippen molar-refractivity contribution in [3.8, 4) is 0 Å². The van der Waals surface area contributed by atoms with Crippen LogP contribution in [0.15, 0.2) is 0 Å². The lowest BCUT2D eigenvalue weighted by atomic mass is 9.78. The summed E-state index contributed by atoms with van der Waals surface area (Å²) in [5.41, 5.74) is -0.665. The van der Waals surface area contributed by atoms with Crippen molar-refractivity contribution in [1.29, 1.82) is 0 Å². The van der Waals surface area contributed by atoms with E-state index < -0.39 is 17.4 Å². The van der Waals surface area contributed by atoms with Crippen molar-refractivity contribution in [1.82, 2.24) is 5.32 Å². The summed E-state index contributed by atoms with van der Waals surface area (Å²) in [6.07, 6.45) is 3.84. The zero-order chi connectivity index (χ0) is 14.9. The molecular formula is C13H25NO4S. The summed E-state index contributed by atoms with van der Waals surface area (Å²) in [4.78, 5) is 23.4. The van der Waals surface area contributed by atoms with E-state index in [-0.39, 0.29) is 12.5 Å². The average molecular weight is 291 g/mol. The minimum Gasteiger partial charge on any atom is -0.480 e. The van der Waals surface area contributed by atoms with Gasteiger partial charge in [0.25, 0.3) is 0 Å². The molecule has 0 radical (unpaired) electrons. The van der Waals surface area contributed by atoms with Gasteiger partial charge in [0.05, 0.1) is 5.41 Å². The molecule has 0 aromatic carbocycles. The van der Waals surface area contributed by atoms with Crippen molar-refractivity contribution < 1.29 is 19.8 Å². The fraction of sp³-hybridized carbons (Fsp3) is 0.846. The van der Waals surface area contributed by atoms with Crippen LogP contribution in [0.25, 0.3) is 0 Å². The summed E-state index contributed by atoms with van der Waals surface area (Å²) >= 11 is 1.55. The predicted octanol–water partition coefficient (Wildman–Crippen LogP) is 1.50. The van der Waals surface area contributed by atoms with Crippen LogP contribution in [-0.4, -0.2) is 46.7 Å². The van der Waals surface area contributed by atoms with Gasteiger partial charge in [0.1, 0.15) is 6.04 Å². The highest BCUT2D eigenvalue weighted by Gasteiger charge is 2.36. The van der Waals surface area contributed by atoms with E-state index in [1.165, 1.54) is 0 Å². The van der Waals surface area contributed by atoms with E-state index in [9.17, 15) is 9.59 Å². The summed E-state index contributed by atoms with van der Waals surface area (Å²) in [7, 11) is 0. The van der Waals surface area contributed by atoms with Crippen molar-refractivity contribution in [3.63, 3.8) is 0 Å². The topological polar surface area (TPSA) is 86.6 Å². The number of nitrogens with one attached hydrogen (secondary N) is 1. The van der Waals surface area contributed by atoms with E-state index in [0.717, 1.165) is 0 Å². The van der Waals surface area contributed by atoms with E-state index in [1.54, 1.807) is 11.8 Å². The third kappa shape index (κ3) is 5.40. The Balaban J connectivity index is 4.79. The Morgan fingerprint density at radius 2 is 1.89 bits per heavy atom. The fourth-order valence-corrected chi connectivity index (χ4v) is 2.53. The number of rotatable bonds is 10. The zero-order valence-corrected chi connectivity index (χ0v) is 12.8. The molecule has 5 nitrogen and oxygen atoms in total. The number of aliphatic hydroxyl groups is 1. The number of hydrogen-bond donors (Lipinski definition) is 3. The number of aliphatic hydroxyl groups excluding tert-OH is 1. The van der Waals surface area contributed by atoms with Crippen LogP contribution in [0.1, 0.15) is 39.5 Å². The quantitative estimate of drug-likeness (QED) is 0.568. The second kappa shape index (κ2) is 9.20. The molecule has 3 N–H and O–H groups in total. The SMILES string of the molecule is CCC(CC)(CCO)C(=O)NC(CCSC)C(=O)O. The molecule has 0 aliphatic rings. The molecule has 19 heavy (non-hydrogen) atoms. The van der Waals surface area contributed by atoms with Gasteiger partial charge in [0, 0.05) is 6.61 Å². The highest BCUT2D eigenvalue weighted by Crippen LogP contribution is 2.30. The molecule has 6 heteroatoms. The zero-order valence-electron chi connectivity index (χ0n) is 11.9. The maximum absolute atomic E-state index is 12.3. The van der Waals surface area contributed by atoms with Crippen LogP contribution < -0.4 is 5.32 Å². The van der Waals surface area contributed by atoms with Crippen LogP contribution >= 0.6 is 11.8 Å². The first-order valence-corrected chi connectivity index (χ1v) is 8.00. The Morgan fingerprint density at radius 3 is 2.26 bits per heavy atom. The monoisotopic (exact) mass is 291 g/mol. The molecule has 0 heterocycles. The summed E-state index contributed by atoms with van der Waals surface area (Å²) < 4.78 is 0. The molecule has 0 saturated heterocycles. The van der Waals surface area contributed by atoms with Crippen LogP contribution in [0.3, 0.4) is 0 Å². The van der Waals surface area contributed by atoms with Crippen molar-refractivity contribution in [2.45, 2.75) is 45.6 Å². The Morgan fingerprint density at radius 1 is 1.32 bits per heavy atom. The smallest absolute Gasteiger partial charge is 0.326 e. The molecule has 0 aliphatic carbocycles. The summed E-state index contributed by atoms with van der Waals surface area (Å²) in [6.45, 7) is 3.70. The first-order chi connectivity index (χ1) is 8.97. The highest BCUT2D eigenvalue weighted by atomic mass is 32.2. The normalized spacial score (nSPS) is 13.1. The molecule has 0 rings (SSSR count). The molecule has 1 atom stereocenters. The second-order valence-electron chi connectivity index (χ2n) is 4.61. The molecule has 0 bridgehead atoms. The predicted molar refractivity (Wildman–Crippen MR) is 77.3 cm³/mol. The van der Waals surface area contributed by atoms with Gasteiger partial charge in [-0.15, -0.1) is 0 Å². The van der Waals surface area contributed by atoms with Crippen LogP contribution in [-0.2, 0) is 9.59 Å². The highest BCUT2D eigenvalue weighted by molar-refractivity contribution is 7.98. The number of thioether (sulfide) groups is 1. The Bertz CT molecular complexity index is 292. The van der Waals surface area contributed by atoms with Crippen molar-refractivity contribution in [2.75, 3.05) is 18.6 Å². The molecule has 1 amide bonds. The van der Waals surface area contributed by atoms with E-state index in [1.807, 2.05) is 20.1 Å². The number of carbonyl (C=O) groups excluding carboxylic acids is 1. The van der Waals surface area contributed by atoms with Gasteiger partial charge in [-0.05, 0) is 37.7 Å². The largest absolute Gasteiger partial charge is 0.480 e. The van der Waals surface area contributed by atoms with Gasteiger partial charge >= 0.3 is 5.97 Å². The summed E-state index contributed by atoms with van der Waals surface area (Å²) in [5.74, 6) is -0.588. The Kier molecular flexibility index (Phi) is 8.84. The second-order valence-corrected chi connectivity index (χ2v) is 5.59. The van der Waals surface area contributed by atoms with Gasteiger partial charge in [0.15, 0.2) is 0 Å². The number of hydrogen-bond acceptors (Lipinski definition) is 4. The third-order valence-corrected chi connectivity index (χ3v) is 4.28. The average Bonchev–Trinajstić information content (AvgIpc) is 2.40. The molecular weight excluding hydrogens is 266 g/mol. The van der Waals surface area contributed by atoms with E-state index >= 15 is 0 Å². The van der Waals surface area contributed by atoms with Gasteiger partial charge in [-0.1, -0.05) is 13.8 Å². The maximum atomic E-state index is 12.3. The lowest BCUT2D eigenvalue weighted by molar-refractivity contribution is -0.144. The maximum Gasteiger partial charge on any atom is 0.326 e. The number of carboxylic acid groups (broad SMARTS) is 1. The van der Waals surface area contributed by atoms with Crippen LogP contribution in [0.4, 0.5) is 0 Å². The minimum atomic E-state index is -1.01. The standard InChI is InChI=1S/C13H25NO4S/c1-4-13(5-2,7-8-15)12(18)14-10(11(16)17)6-9-19-3/h10,15H,4-9H2,1-3H3,(H,14,18)(H,16,17). The summed E-state index contributed by atoms with van der Waals surface area (Å²) in [5, 5.41) is 20.8. The third-order valence-electron chi connectivity index (χ3n) is 3.64. The Hall–Kier alpha value is -0.750. The molecule has 0 aromatic rings. The summed E-state index contributed by atoms with van der Waals surface area (Å²) in [6, 6.07) is -0.851. The van der Waals surface area contributed by atoms with Crippen LogP contribution in [0.2, 0.25) is 0 Å². The van der Waals surface area contributed by atoms with E-state index in [0.29, 0.717) is 31.4 Å². The minimum absolute atomic E-state index is 0.0718. The lowest BCUT2D eigenvalue weighted by Crippen LogP contribution is -2.48. The van der Waals surface area contributed by atoms with Crippen molar-refractivity contribution in [3.05, 3.63) is 0 Å². The number of aliphatic carboxylic acids is 1. The number of amides is 1. The van der Waals surface area contributed by atoms with Crippen molar-refractivity contribution in [2.24, 2.45) is 5.41 Å². The molecule has 0 spiro atoms. The van der Waals surface area contributed by atoms with Crippen LogP contribution in [0.5, 0.6) is 0 Å². The number of carbonyl (C=O) groups is 2. The van der Waals surface area contributed by atoms with E-state index in [2.05, 4.69) is 5.32 Å². The lowest BCUT2D eigenvalue weighted by Gasteiger charge is -2.31. The van der Waals surface area contributed by atoms with Crippen molar-refractivity contribution >= 4 is 23.6 Å². The molecule has 1 unspecified atom stereocenters. The molecule has 0 fully saturated rings. The Labute approximate surface area is 119 Å². The van der Waals surface area contributed by atoms with E-state index in [4.69, 9.17) is 10.2 Å². The van der Waals surface area contributed by atoms with Gasteiger partial charge in [-0.2, -0.15) is 11.8 Å². The molecule has 0 saturated carbocycles. The van der Waals surface area contributed by atoms with Gasteiger partial charge in [-0.25, -0.2) is 4.79 Å². The van der Waals surface area contributed by atoms with Gasteiger partial charge < -0.3 is 15.5 Å². The first kappa shape index (κ1) is 18.2. The molecule has 112 valence electrons. The molecule has 0 aliphatic heterocycles. The van der Waals surface area contributed by atoms with Gasteiger partial charge in [-0.3, -0.25) is 4.79 Å². The number of carboxylic acids is 1.